The fraction of sp³-hybridized carbons (Fsp3) is 0.137. The van der Waals surface area contributed by atoms with E-state index in [-0.39, 0.29) is 6.04 Å². The Bertz CT molecular complexity index is 2190. The van der Waals surface area contributed by atoms with Gasteiger partial charge in [-0.1, -0.05) is 165 Å². The lowest BCUT2D eigenvalue weighted by Crippen LogP contribution is -2.35. The average molecular weight is 674 g/mol. The fourth-order valence-corrected chi connectivity index (χ4v) is 7.95. The fourth-order valence-electron chi connectivity index (χ4n) is 7.95. The van der Waals surface area contributed by atoms with Crippen LogP contribution in [0.1, 0.15) is 65.5 Å². The molecule has 0 bridgehead atoms. The third-order valence-electron chi connectivity index (χ3n) is 10.5. The van der Waals surface area contributed by atoms with Crippen LogP contribution in [0, 0.1) is 6.92 Å². The van der Waals surface area contributed by atoms with Crippen molar-refractivity contribution in [2.75, 3.05) is 4.90 Å². The van der Waals surface area contributed by atoms with Crippen molar-refractivity contribution in [3.8, 4) is 11.1 Å². The van der Waals surface area contributed by atoms with Crippen molar-refractivity contribution in [1.29, 1.82) is 0 Å². The normalized spacial score (nSPS) is 17.0. The number of hydrogen-bond acceptors (Lipinski definition) is 1. The molecule has 0 fully saturated rings. The van der Waals surface area contributed by atoms with Crippen LogP contribution in [-0.2, 0) is 0 Å². The maximum atomic E-state index is 4.33. The van der Waals surface area contributed by atoms with Crippen molar-refractivity contribution in [2.45, 2.75) is 45.1 Å². The predicted molar refractivity (Wildman–Crippen MR) is 228 cm³/mol. The summed E-state index contributed by atoms with van der Waals surface area (Å²) < 4.78 is 0. The molecule has 3 aliphatic carbocycles. The Labute approximate surface area is 310 Å². The second-order valence-corrected chi connectivity index (χ2v) is 13.7. The topological polar surface area (TPSA) is 3.24 Å². The molecule has 0 aliphatic heterocycles. The van der Waals surface area contributed by atoms with E-state index in [4.69, 9.17) is 0 Å². The molecule has 4 aromatic carbocycles. The van der Waals surface area contributed by atoms with Gasteiger partial charge in [-0.05, 0) is 124 Å². The Morgan fingerprint density at radius 1 is 0.712 bits per heavy atom. The molecule has 52 heavy (non-hydrogen) atoms. The van der Waals surface area contributed by atoms with E-state index in [0.29, 0.717) is 0 Å². The Morgan fingerprint density at radius 2 is 1.42 bits per heavy atom. The highest BCUT2D eigenvalue weighted by atomic mass is 15.2. The van der Waals surface area contributed by atoms with Gasteiger partial charge in [-0.3, -0.25) is 0 Å². The second kappa shape index (κ2) is 16.0. The van der Waals surface area contributed by atoms with Crippen LogP contribution in [-0.4, -0.2) is 6.04 Å². The maximum absolute atomic E-state index is 4.33. The lowest BCUT2D eigenvalue weighted by atomic mass is 9.79. The number of hydrogen-bond donors (Lipinski definition) is 0. The molecule has 0 spiro atoms. The summed E-state index contributed by atoms with van der Waals surface area (Å²) in [6.07, 6.45) is 31.5. The van der Waals surface area contributed by atoms with Crippen LogP contribution in [0.25, 0.3) is 40.5 Å². The molecule has 7 rings (SSSR count). The molecular weight excluding hydrogens is 627 g/mol. The highest BCUT2D eigenvalue weighted by Gasteiger charge is 2.30. The highest BCUT2D eigenvalue weighted by molar-refractivity contribution is 6.02. The number of nitrogens with zero attached hydrogens (tertiary/aromatic N) is 1. The zero-order valence-electron chi connectivity index (χ0n) is 30.3. The predicted octanol–water partition coefficient (Wildman–Crippen LogP) is 13.8. The second-order valence-electron chi connectivity index (χ2n) is 13.7. The molecule has 1 unspecified atom stereocenters. The summed E-state index contributed by atoms with van der Waals surface area (Å²) in [5, 5.41) is 0. The van der Waals surface area contributed by atoms with Crippen LogP contribution >= 0.6 is 0 Å². The van der Waals surface area contributed by atoms with Gasteiger partial charge in [-0.25, -0.2) is 0 Å². The van der Waals surface area contributed by atoms with Crippen LogP contribution in [0.5, 0.6) is 0 Å². The van der Waals surface area contributed by atoms with E-state index in [0.717, 1.165) is 43.2 Å². The summed E-state index contributed by atoms with van der Waals surface area (Å²) in [4.78, 5) is 2.59. The van der Waals surface area contributed by atoms with Gasteiger partial charge in [0.1, 0.15) is 0 Å². The molecule has 0 saturated heterocycles. The van der Waals surface area contributed by atoms with Crippen LogP contribution in [0.15, 0.2) is 182 Å². The summed E-state index contributed by atoms with van der Waals surface area (Å²) in [6.45, 7) is 14.7. The Hall–Kier alpha value is -5.92. The average Bonchev–Trinajstić information content (AvgIpc) is 3.21. The van der Waals surface area contributed by atoms with Gasteiger partial charge >= 0.3 is 0 Å². The minimum atomic E-state index is 0.0876. The van der Waals surface area contributed by atoms with E-state index in [1.807, 2.05) is 24.3 Å². The highest BCUT2D eigenvalue weighted by Crippen LogP contribution is 2.44. The number of rotatable bonds is 11. The van der Waals surface area contributed by atoms with Gasteiger partial charge in [-0.15, -0.1) is 0 Å². The first kappa shape index (κ1) is 34.5. The Balaban J connectivity index is 1.39. The van der Waals surface area contributed by atoms with Crippen molar-refractivity contribution in [2.24, 2.45) is 0 Å². The third kappa shape index (κ3) is 7.13. The molecule has 3 aliphatic rings. The number of aryl methyl sites for hydroxylation is 1. The standard InChI is InChI=1S/C51H47N/c1-5-8-24-48-37(4)35-38(6-2)47(7-3)51(48)50-36-46(33-34-49(50)43-22-16-11-17-23-43)52(44-29-25-41(26-30-44)39-18-12-9-13-19-39)45-31-27-42(28-32-45)40-20-14-10-15-21-40/h5-14,16-20,22-27,29-31,33-35,46H,1-3,15,21,28,32,36H2,4H3/b24-8-. The summed E-state index contributed by atoms with van der Waals surface area (Å²) >= 11 is 0. The first-order valence-corrected chi connectivity index (χ1v) is 18.5. The van der Waals surface area contributed by atoms with Crippen molar-refractivity contribution in [3.05, 3.63) is 216 Å². The molecule has 0 saturated carbocycles. The van der Waals surface area contributed by atoms with Crippen molar-refractivity contribution < 1.29 is 0 Å². The lowest BCUT2D eigenvalue weighted by Gasteiger charge is -2.38. The summed E-state index contributed by atoms with van der Waals surface area (Å²) in [7, 11) is 0. The number of benzene rings is 4. The van der Waals surface area contributed by atoms with Crippen LogP contribution < -0.4 is 4.90 Å². The van der Waals surface area contributed by atoms with Gasteiger partial charge in [-0.2, -0.15) is 0 Å². The van der Waals surface area contributed by atoms with Gasteiger partial charge < -0.3 is 4.90 Å². The van der Waals surface area contributed by atoms with Crippen molar-refractivity contribution in [1.82, 2.24) is 0 Å². The molecule has 256 valence electrons. The molecule has 0 N–H and O–H groups in total. The molecule has 0 amide bonds. The van der Waals surface area contributed by atoms with Gasteiger partial charge in [0, 0.05) is 11.4 Å². The van der Waals surface area contributed by atoms with Gasteiger partial charge in [0.2, 0.25) is 0 Å². The minimum absolute atomic E-state index is 0.0876. The number of anilines is 1. The largest absolute Gasteiger partial charge is 0.338 e. The summed E-state index contributed by atoms with van der Waals surface area (Å²) in [5.41, 5.74) is 17.5. The SMILES string of the molecule is C=C/C=C\c1c(C)cc(C=C)c(C=C)c1C1=C(c2ccccc2)C=CC(N(C2=CC=C(C3=CC=CCC3)CC2)c2ccc(-c3ccccc3)cc2)C1. The molecule has 0 radical (unpaired) electrons. The van der Waals surface area contributed by atoms with Gasteiger partial charge in [0.05, 0.1) is 6.04 Å². The first-order chi connectivity index (χ1) is 25.6. The molecule has 0 heterocycles. The van der Waals surface area contributed by atoms with Crippen LogP contribution in [0.4, 0.5) is 5.69 Å². The molecule has 1 nitrogen and oxygen atoms in total. The zero-order chi connectivity index (χ0) is 35.9. The molecule has 4 aromatic rings. The maximum Gasteiger partial charge on any atom is 0.0563 e. The number of allylic oxidation sites excluding steroid dienone is 12. The summed E-state index contributed by atoms with van der Waals surface area (Å²) in [6, 6.07) is 32.9. The van der Waals surface area contributed by atoms with E-state index in [9.17, 15) is 0 Å². The van der Waals surface area contributed by atoms with Crippen LogP contribution in [0.2, 0.25) is 0 Å². The van der Waals surface area contributed by atoms with Gasteiger partial charge in [0.15, 0.2) is 0 Å². The molecule has 1 heteroatoms. The van der Waals surface area contributed by atoms with E-state index in [1.54, 1.807) is 0 Å². The van der Waals surface area contributed by atoms with E-state index in [2.05, 4.69) is 171 Å². The summed E-state index contributed by atoms with van der Waals surface area (Å²) in [5.74, 6) is 0. The molecule has 1 atom stereocenters. The minimum Gasteiger partial charge on any atom is -0.338 e. The smallest absolute Gasteiger partial charge is 0.0563 e. The molecular formula is C51H47N. The zero-order valence-corrected chi connectivity index (χ0v) is 30.3. The van der Waals surface area contributed by atoms with Crippen molar-refractivity contribution in [3.63, 3.8) is 0 Å². The quantitative estimate of drug-likeness (QED) is 0.143. The van der Waals surface area contributed by atoms with E-state index >= 15 is 0 Å². The Morgan fingerprint density at radius 3 is 2.06 bits per heavy atom. The monoisotopic (exact) mass is 673 g/mol. The third-order valence-corrected chi connectivity index (χ3v) is 10.5. The molecule has 0 aromatic heterocycles. The van der Waals surface area contributed by atoms with Gasteiger partial charge in [0.25, 0.3) is 0 Å². The Kier molecular flexibility index (Phi) is 10.6. The lowest BCUT2D eigenvalue weighted by molar-refractivity contribution is 0.720. The first-order valence-electron chi connectivity index (χ1n) is 18.5. The van der Waals surface area contributed by atoms with E-state index in [1.165, 1.54) is 67.1 Å². The van der Waals surface area contributed by atoms with E-state index < -0.39 is 0 Å². The van der Waals surface area contributed by atoms with Crippen LogP contribution in [0.3, 0.4) is 0 Å². The van der Waals surface area contributed by atoms with Crippen molar-refractivity contribution >= 4 is 35.1 Å².